The van der Waals surface area contributed by atoms with Crippen LogP contribution in [0.15, 0.2) is 0 Å². The molecule has 0 saturated carbocycles. The van der Waals surface area contributed by atoms with Crippen LogP contribution in [0.4, 0.5) is 0 Å². The first-order chi connectivity index (χ1) is 13.7. The van der Waals surface area contributed by atoms with Crippen LogP contribution >= 0.6 is 0 Å². The molecule has 0 aromatic rings. The molecule has 0 heterocycles. The third-order valence-corrected chi connectivity index (χ3v) is 44.9. The van der Waals surface area contributed by atoms with E-state index in [0.29, 0.717) is 0 Å². The lowest BCUT2D eigenvalue weighted by Crippen LogP contribution is -2.92. The predicted octanol–water partition coefficient (Wildman–Crippen LogP) is 4.55. The highest BCUT2D eigenvalue weighted by Crippen LogP contribution is 2.38. The van der Waals surface area contributed by atoms with Crippen LogP contribution in [0.5, 0.6) is 0 Å². The molecule has 0 aliphatic heterocycles. The lowest BCUT2D eigenvalue weighted by atomic mass is 11.3. The Morgan fingerprint density at radius 2 is 0.656 bits per heavy atom. The van der Waals surface area contributed by atoms with Crippen molar-refractivity contribution in [2.45, 2.75) is 85.1 Å². The summed E-state index contributed by atoms with van der Waals surface area (Å²) in [5, 5.41) is 0. The molecule has 0 radical (unpaired) electrons. The van der Waals surface area contributed by atoms with E-state index in [1.165, 1.54) is 0 Å². The second kappa shape index (κ2) is 10.2. The fourth-order valence-electron chi connectivity index (χ4n) is 4.86. The number of rotatable bonds is 11. The predicted molar refractivity (Wildman–Crippen MR) is 163 cm³/mol. The molecule has 0 rings (SSSR count). The van der Waals surface area contributed by atoms with E-state index >= 15 is 0 Å². The van der Waals surface area contributed by atoms with E-state index in [9.17, 15) is 0 Å². The van der Waals surface area contributed by atoms with Crippen molar-refractivity contribution in [3.8, 4) is 0 Å². The summed E-state index contributed by atoms with van der Waals surface area (Å²) in [5.74, 6) is 0. The van der Waals surface area contributed by atoms with Crippen LogP contribution in [0, 0.1) is 0 Å². The van der Waals surface area contributed by atoms with Gasteiger partial charge in [-0.25, -0.2) is 0 Å². The molecule has 0 aromatic carbocycles. The van der Waals surface area contributed by atoms with Crippen LogP contribution < -0.4 is 0 Å². The van der Waals surface area contributed by atoms with Crippen molar-refractivity contribution in [1.82, 2.24) is 25.7 Å². The molecule has 6 nitrogen and oxygen atoms in total. The SMILES string of the molecule is CN(C)[Si](C)(C)N(C)[Si](C)(N(C)[Si](C)(C)C)N([Si](C)(C)N(C)C)[Si](C)(C)N(C)[Si](C)(C)C. The first kappa shape index (κ1) is 33.1. The molecule has 0 spiro atoms. The Hall–Kier alpha value is 1.06. The second-order valence-corrected chi connectivity index (χ2v) is 43.0. The Morgan fingerprint density at radius 1 is 0.344 bits per heavy atom. The van der Waals surface area contributed by atoms with Crippen molar-refractivity contribution in [2.75, 3.05) is 49.3 Å². The molecular formula is C20H60N6Si6. The van der Waals surface area contributed by atoms with E-state index in [4.69, 9.17) is 0 Å². The van der Waals surface area contributed by atoms with Gasteiger partial charge in [0.15, 0.2) is 25.2 Å². The van der Waals surface area contributed by atoms with Gasteiger partial charge in [0.25, 0.3) is 8.56 Å². The van der Waals surface area contributed by atoms with E-state index in [1.807, 2.05) is 0 Å². The average Bonchev–Trinajstić information content (AvgIpc) is 2.56. The molecule has 0 amide bonds. The zero-order valence-electron chi connectivity index (χ0n) is 25.7. The van der Waals surface area contributed by atoms with Gasteiger partial charge in [0.1, 0.15) is 16.5 Å². The maximum Gasteiger partial charge on any atom is 0.262 e. The van der Waals surface area contributed by atoms with Gasteiger partial charge in [-0.3, -0.25) is 0 Å². The van der Waals surface area contributed by atoms with Gasteiger partial charge in [0.2, 0.25) is 0 Å². The molecule has 12 heteroatoms. The minimum atomic E-state index is -2.25. The molecule has 0 aliphatic rings. The molecule has 194 valence electrons. The highest BCUT2D eigenvalue weighted by atomic mass is 28.5. The van der Waals surface area contributed by atoms with Gasteiger partial charge >= 0.3 is 0 Å². The van der Waals surface area contributed by atoms with E-state index < -0.39 is 50.2 Å². The Balaban J connectivity index is 7.53. The van der Waals surface area contributed by atoms with Crippen LogP contribution in [0.2, 0.25) is 85.1 Å². The third-order valence-electron chi connectivity index (χ3n) is 8.63. The summed E-state index contributed by atoms with van der Waals surface area (Å²) in [4.78, 5) is 0. The molecule has 0 fully saturated rings. The first-order valence-electron chi connectivity index (χ1n) is 12.1. The summed E-state index contributed by atoms with van der Waals surface area (Å²) in [5.41, 5.74) is 0. The van der Waals surface area contributed by atoms with Gasteiger partial charge in [-0.05, 0) is 95.2 Å². The van der Waals surface area contributed by atoms with Crippen molar-refractivity contribution >= 4 is 50.2 Å². The third kappa shape index (κ3) is 6.24. The summed E-state index contributed by atoms with van der Waals surface area (Å²) in [7, 11) is 5.63. The maximum atomic E-state index is 3.22. The minimum Gasteiger partial charge on any atom is -0.337 e. The summed E-state index contributed by atoms with van der Waals surface area (Å²) in [6, 6.07) is 0. The summed E-state index contributed by atoms with van der Waals surface area (Å²) in [6.45, 7) is 33.4. The van der Waals surface area contributed by atoms with Crippen LogP contribution in [-0.2, 0) is 0 Å². The molecule has 0 saturated heterocycles. The van der Waals surface area contributed by atoms with E-state index in [1.54, 1.807) is 0 Å². The quantitative estimate of drug-likeness (QED) is 0.348. The van der Waals surface area contributed by atoms with Gasteiger partial charge in [0.05, 0.1) is 0 Å². The van der Waals surface area contributed by atoms with Crippen LogP contribution in [0.1, 0.15) is 0 Å². The van der Waals surface area contributed by atoms with Crippen LogP contribution in [-0.4, -0.2) is 125 Å². The van der Waals surface area contributed by atoms with Crippen LogP contribution in [0.25, 0.3) is 0 Å². The van der Waals surface area contributed by atoms with Gasteiger partial charge in [-0.2, -0.15) is 0 Å². The van der Waals surface area contributed by atoms with E-state index in [0.717, 1.165) is 0 Å². The van der Waals surface area contributed by atoms with Crippen molar-refractivity contribution in [2.24, 2.45) is 0 Å². The van der Waals surface area contributed by atoms with Gasteiger partial charge < -0.3 is 25.7 Å². The minimum absolute atomic E-state index is 1.48. The van der Waals surface area contributed by atoms with Crippen molar-refractivity contribution in [3.63, 3.8) is 0 Å². The molecule has 0 N–H and O–H groups in total. The van der Waals surface area contributed by atoms with E-state index in [-0.39, 0.29) is 0 Å². The van der Waals surface area contributed by atoms with Gasteiger partial charge in [-0.15, -0.1) is 0 Å². The standard InChI is InChI=1S/C20H60N6Si6/c1-21(2)29(14,15)25(7)32(20,24(6)28(11,12)13)26(30(16,17)22(3)4)31(18,19)23(5)27(8,9)10/h1-20H3. The van der Waals surface area contributed by atoms with Crippen molar-refractivity contribution < 1.29 is 0 Å². The molecule has 1 atom stereocenters. The lowest BCUT2D eigenvalue weighted by molar-refractivity contribution is 0.457. The zero-order valence-corrected chi connectivity index (χ0v) is 31.7. The highest BCUT2D eigenvalue weighted by molar-refractivity contribution is 7.09. The number of hydrogen-bond acceptors (Lipinski definition) is 6. The molecule has 1 unspecified atom stereocenters. The van der Waals surface area contributed by atoms with Gasteiger partial charge in [0, 0.05) is 0 Å². The largest absolute Gasteiger partial charge is 0.337 e. The smallest absolute Gasteiger partial charge is 0.262 e. The van der Waals surface area contributed by atoms with E-state index in [2.05, 4.69) is 160 Å². The highest BCUT2D eigenvalue weighted by Gasteiger charge is 2.62. The Labute approximate surface area is 209 Å². The summed E-state index contributed by atoms with van der Waals surface area (Å²) >= 11 is 0. The topological polar surface area (TPSA) is 19.4 Å². The molecule has 32 heavy (non-hydrogen) atoms. The number of hydrogen-bond donors (Lipinski definition) is 0. The molecule has 0 aliphatic carbocycles. The fourth-order valence-corrected chi connectivity index (χ4v) is 45.1. The summed E-state index contributed by atoms with van der Waals surface area (Å²) < 4.78 is 17.1. The zero-order chi connectivity index (χ0) is 26.5. The molecule has 0 aromatic heterocycles. The van der Waals surface area contributed by atoms with Crippen molar-refractivity contribution in [1.29, 1.82) is 0 Å². The Kier molecular flexibility index (Phi) is 10.5. The monoisotopic (exact) mass is 552 g/mol. The fraction of sp³-hybridized carbons (Fsp3) is 1.00. The average molecular weight is 553 g/mol. The maximum absolute atomic E-state index is 3.22. The normalized spacial score (nSPS) is 17.4. The molecular weight excluding hydrogens is 493 g/mol. The summed E-state index contributed by atoms with van der Waals surface area (Å²) in [6.07, 6.45) is 0. The number of nitrogens with zero attached hydrogens (tertiary/aromatic N) is 6. The van der Waals surface area contributed by atoms with Gasteiger partial charge in [-0.1, -0.05) is 39.3 Å². The van der Waals surface area contributed by atoms with Crippen molar-refractivity contribution in [3.05, 3.63) is 0 Å². The Bertz CT molecular complexity index is 629. The Morgan fingerprint density at radius 3 is 0.906 bits per heavy atom. The second-order valence-electron chi connectivity index (χ2n) is 13.6. The first-order valence-corrected chi connectivity index (χ1v) is 30.0. The molecule has 0 bridgehead atoms. The lowest BCUT2D eigenvalue weighted by Gasteiger charge is -2.67. The van der Waals surface area contributed by atoms with Crippen LogP contribution in [0.3, 0.4) is 0 Å².